The van der Waals surface area contributed by atoms with Gasteiger partial charge < -0.3 is 19.5 Å². The molecule has 2 amide bonds. The van der Waals surface area contributed by atoms with Crippen molar-refractivity contribution in [2.24, 2.45) is 5.10 Å². The number of halogens is 1. The lowest BCUT2D eigenvalue weighted by Crippen LogP contribution is -2.24. The first-order valence-electron chi connectivity index (χ1n) is 6.93. The second kappa shape index (κ2) is 9.74. The first-order chi connectivity index (χ1) is 11.4. The number of carbonyl (C=O) groups excluding carboxylic acids is 2. The molecule has 24 heavy (non-hydrogen) atoms. The Labute approximate surface area is 145 Å². The van der Waals surface area contributed by atoms with Crippen LogP contribution in [0.15, 0.2) is 17.2 Å². The zero-order valence-electron chi connectivity index (χ0n) is 13.9. The molecule has 9 heteroatoms. The molecule has 0 radical (unpaired) electrons. The van der Waals surface area contributed by atoms with E-state index in [2.05, 4.69) is 20.6 Å². The van der Waals surface area contributed by atoms with Crippen LogP contribution in [-0.2, 0) is 14.3 Å². The molecule has 0 atom stereocenters. The third-order valence-electron chi connectivity index (χ3n) is 2.81. The Bertz CT molecular complexity index is 634. The predicted molar refractivity (Wildman–Crippen MR) is 90.9 cm³/mol. The average Bonchev–Trinajstić information content (AvgIpc) is 2.54. The number of amides is 2. The lowest BCUT2D eigenvalue weighted by atomic mass is 10.2. The second-order valence-corrected chi connectivity index (χ2v) is 5.13. The van der Waals surface area contributed by atoms with E-state index in [0.29, 0.717) is 27.9 Å². The van der Waals surface area contributed by atoms with Crippen LogP contribution in [-0.4, -0.2) is 45.5 Å². The number of rotatable bonds is 8. The van der Waals surface area contributed by atoms with E-state index in [1.54, 1.807) is 19.1 Å². The molecule has 0 fully saturated rings. The smallest absolute Gasteiger partial charge is 0.266 e. The first-order valence-corrected chi connectivity index (χ1v) is 7.31. The molecule has 8 nitrogen and oxygen atoms in total. The summed E-state index contributed by atoms with van der Waals surface area (Å²) in [5, 5.41) is 6.87. The Morgan fingerprint density at radius 3 is 2.38 bits per heavy atom. The van der Waals surface area contributed by atoms with Gasteiger partial charge in [-0.05, 0) is 6.92 Å². The van der Waals surface area contributed by atoms with Crippen LogP contribution < -0.4 is 20.2 Å². The minimum atomic E-state index is -0.402. The summed E-state index contributed by atoms with van der Waals surface area (Å²) in [5.74, 6) is 0.0726. The summed E-state index contributed by atoms with van der Waals surface area (Å²) < 4.78 is 15.0. The van der Waals surface area contributed by atoms with Crippen molar-refractivity contribution in [3.63, 3.8) is 0 Å². The number of ether oxygens (including phenoxy) is 3. The molecule has 0 bridgehead atoms. The van der Waals surface area contributed by atoms with Crippen molar-refractivity contribution in [3.8, 4) is 11.5 Å². The van der Waals surface area contributed by atoms with Gasteiger partial charge in [-0.25, -0.2) is 5.43 Å². The molecule has 0 spiro atoms. The summed E-state index contributed by atoms with van der Waals surface area (Å²) in [4.78, 5) is 23.3. The van der Waals surface area contributed by atoms with Crippen molar-refractivity contribution in [2.45, 2.75) is 13.3 Å². The van der Waals surface area contributed by atoms with Crippen LogP contribution in [0, 0.1) is 0 Å². The van der Waals surface area contributed by atoms with E-state index in [4.69, 9.17) is 21.1 Å². The average molecular weight is 358 g/mol. The van der Waals surface area contributed by atoms with Gasteiger partial charge in [-0.15, -0.1) is 0 Å². The number of nitrogens with one attached hydrogen (secondary N) is 2. The summed E-state index contributed by atoms with van der Waals surface area (Å²) in [6.07, 6.45) is -0.0125. The third-order valence-corrected chi connectivity index (χ3v) is 3.11. The van der Waals surface area contributed by atoms with E-state index in [1.807, 2.05) is 0 Å². The minimum absolute atomic E-state index is 0.0125. The summed E-state index contributed by atoms with van der Waals surface area (Å²) in [7, 11) is 4.34. The number of hydrazone groups is 1. The van der Waals surface area contributed by atoms with E-state index in [-0.39, 0.29) is 18.9 Å². The van der Waals surface area contributed by atoms with Gasteiger partial charge in [-0.1, -0.05) is 11.6 Å². The molecule has 2 N–H and O–H groups in total. The molecule has 0 aliphatic heterocycles. The van der Waals surface area contributed by atoms with Crippen LogP contribution in [0.4, 0.5) is 5.69 Å². The Balaban J connectivity index is 2.74. The standard InChI is InChI=1S/C15H20ClN3O5/c1-9(18-19-15(21)8-22-2)5-14(20)17-11-7-12(23-3)10(16)6-13(11)24-4/h6-7H,5,8H2,1-4H3,(H,17,20)(H,19,21). The van der Waals surface area contributed by atoms with Gasteiger partial charge in [0.15, 0.2) is 0 Å². The molecular weight excluding hydrogens is 338 g/mol. The second-order valence-electron chi connectivity index (χ2n) is 4.73. The molecule has 0 saturated heterocycles. The van der Waals surface area contributed by atoms with Gasteiger partial charge in [-0.2, -0.15) is 5.10 Å². The van der Waals surface area contributed by atoms with Crippen molar-refractivity contribution in [1.29, 1.82) is 0 Å². The first kappa shape index (κ1) is 19.7. The highest BCUT2D eigenvalue weighted by atomic mass is 35.5. The molecule has 0 aromatic heterocycles. The molecule has 1 aromatic carbocycles. The van der Waals surface area contributed by atoms with Crippen LogP contribution in [0.25, 0.3) is 0 Å². The lowest BCUT2D eigenvalue weighted by Gasteiger charge is -2.13. The Morgan fingerprint density at radius 2 is 1.79 bits per heavy atom. The van der Waals surface area contributed by atoms with E-state index < -0.39 is 5.91 Å². The fourth-order valence-electron chi connectivity index (χ4n) is 1.75. The van der Waals surface area contributed by atoms with Gasteiger partial charge in [0.1, 0.15) is 18.1 Å². The fraction of sp³-hybridized carbons (Fsp3) is 0.400. The number of hydrogen-bond acceptors (Lipinski definition) is 6. The van der Waals surface area contributed by atoms with E-state index in [9.17, 15) is 9.59 Å². The molecule has 1 rings (SSSR count). The van der Waals surface area contributed by atoms with Crippen LogP contribution >= 0.6 is 11.6 Å². The normalized spacial score (nSPS) is 11.0. The molecule has 0 heterocycles. The van der Waals surface area contributed by atoms with Crippen LogP contribution in [0.5, 0.6) is 11.5 Å². The van der Waals surface area contributed by atoms with E-state index >= 15 is 0 Å². The van der Waals surface area contributed by atoms with E-state index in [0.717, 1.165) is 0 Å². The number of hydrogen-bond donors (Lipinski definition) is 2. The Morgan fingerprint density at radius 1 is 1.12 bits per heavy atom. The number of nitrogens with zero attached hydrogens (tertiary/aromatic N) is 1. The van der Waals surface area contributed by atoms with Crippen molar-refractivity contribution < 1.29 is 23.8 Å². The van der Waals surface area contributed by atoms with Crippen LogP contribution in [0.1, 0.15) is 13.3 Å². The van der Waals surface area contributed by atoms with Crippen molar-refractivity contribution in [3.05, 3.63) is 17.2 Å². The topological polar surface area (TPSA) is 98.2 Å². The van der Waals surface area contributed by atoms with Crippen LogP contribution in [0.2, 0.25) is 5.02 Å². The maximum atomic E-state index is 12.1. The minimum Gasteiger partial charge on any atom is -0.495 e. The van der Waals surface area contributed by atoms with Crippen molar-refractivity contribution in [1.82, 2.24) is 5.43 Å². The molecule has 0 aliphatic carbocycles. The Hall–Kier alpha value is -2.32. The molecule has 0 saturated carbocycles. The van der Waals surface area contributed by atoms with Crippen molar-refractivity contribution >= 4 is 34.8 Å². The lowest BCUT2D eigenvalue weighted by molar-refractivity contribution is -0.124. The van der Waals surface area contributed by atoms with Crippen molar-refractivity contribution in [2.75, 3.05) is 33.3 Å². The zero-order valence-corrected chi connectivity index (χ0v) is 14.7. The van der Waals surface area contributed by atoms with Gasteiger partial charge in [0, 0.05) is 25.0 Å². The maximum absolute atomic E-state index is 12.1. The van der Waals surface area contributed by atoms with Gasteiger partial charge in [0.2, 0.25) is 5.91 Å². The summed E-state index contributed by atoms with van der Waals surface area (Å²) in [6, 6.07) is 3.10. The zero-order chi connectivity index (χ0) is 18.1. The molecule has 0 aliphatic rings. The third kappa shape index (κ3) is 6.05. The number of methoxy groups -OCH3 is 3. The highest BCUT2D eigenvalue weighted by molar-refractivity contribution is 6.32. The highest BCUT2D eigenvalue weighted by Gasteiger charge is 2.13. The fourth-order valence-corrected chi connectivity index (χ4v) is 1.98. The van der Waals surface area contributed by atoms with E-state index in [1.165, 1.54) is 21.3 Å². The SMILES string of the molecule is COCC(=O)NN=C(C)CC(=O)Nc1cc(OC)c(Cl)cc1OC. The van der Waals surface area contributed by atoms with Gasteiger partial charge in [0.25, 0.3) is 5.91 Å². The molecule has 1 aromatic rings. The molecule has 132 valence electrons. The number of carbonyl (C=O) groups is 2. The summed E-state index contributed by atoms with van der Waals surface area (Å²) in [6.45, 7) is 1.51. The summed E-state index contributed by atoms with van der Waals surface area (Å²) >= 11 is 6.01. The number of anilines is 1. The van der Waals surface area contributed by atoms with Gasteiger partial charge >= 0.3 is 0 Å². The van der Waals surface area contributed by atoms with Gasteiger partial charge in [-0.3, -0.25) is 9.59 Å². The van der Waals surface area contributed by atoms with Crippen LogP contribution in [0.3, 0.4) is 0 Å². The Kier molecular flexibility index (Phi) is 8.00. The summed E-state index contributed by atoms with van der Waals surface area (Å²) in [5.41, 5.74) is 3.13. The molecular formula is C15H20ClN3O5. The van der Waals surface area contributed by atoms with Gasteiger partial charge in [0.05, 0.1) is 31.4 Å². The number of benzene rings is 1. The predicted octanol–water partition coefficient (Wildman–Crippen LogP) is 1.82. The maximum Gasteiger partial charge on any atom is 0.266 e. The largest absolute Gasteiger partial charge is 0.495 e. The monoisotopic (exact) mass is 357 g/mol. The molecule has 0 unspecified atom stereocenters. The highest BCUT2D eigenvalue weighted by Crippen LogP contribution is 2.35. The quantitative estimate of drug-likeness (QED) is 0.546.